The van der Waals surface area contributed by atoms with E-state index in [4.69, 9.17) is 17.3 Å². The third-order valence-electron chi connectivity index (χ3n) is 4.28. The van der Waals surface area contributed by atoms with Gasteiger partial charge in [-0.1, -0.05) is 0 Å². The number of nitrogens with two attached hydrogens (primary N) is 1. The van der Waals surface area contributed by atoms with Gasteiger partial charge in [-0.2, -0.15) is 4.39 Å². The zero-order valence-electron chi connectivity index (χ0n) is 17.1. The summed E-state index contributed by atoms with van der Waals surface area (Å²) in [7, 11) is 1.52. The zero-order chi connectivity index (χ0) is 24.0. The van der Waals surface area contributed by atoms with E-state index in [-0.39, 0.29) is 22.4 Å². The van der Waals surface area contributed by atoms with Crippen molar-refractivity contribution in [1.82, 2.24) is 9.97 Å². The fourth-order valence-electron chi connectivity index (χ4n) is 2.88. The topological polar surface area (TPSA) is 102 Å². The molecule has 0 saturated carbocycles. The Balaban J connectivity index is 1.94. The summed E-state index contributed by atoms with van der Waals surface area (Å²) in [5.74, 6) is -1.51. The normalized spacial score (nSPS) is 12.1. The number of ether oxygens (including phenoxy) is 1. The molecule has 0 bridgehead atoms. The molecule has 11 heteroatoms. The van der Waals surface area contributed by atoms with Gasteiger partial charge in [-0.15, -0.1) is 8.78 Å². The van der Waals surface area contributed by atoms with E-state index in [1.165, 1.54) is 68.1 Å². The average molecular weight is 476 g/mol. The molecule has 0 atom stereocenters. The molecule has 33 heavy (non-hydrogen) atoms. The molecule has 3 N–H and O–H groups in total. The van der Waals surface area contributed by atoms with Crippen molar-refractivity contribution in [1.29, 1.82) is 0 Å². The second-order valence-electron chi connectivity index (χ2n) is 6.46. The molecule has 0 fully saturated rings. The first-order valence-electron chi connectivity index (χ1n) is 9.35. The van der Waals surface area contributed by atoms with Gasteiger partial charge in [0.05, 0.1) is 17.0 Å². The van der Waals surface area contributed by atoms with E-state index in [0.29, 0.717) is 17.1 Å². The molecular weight excluding hydrogens is 459 g/mol. The molecule has 0 radical (unpaired) electrons. The van der Waals surface area contributed by atoms with Gasteiger partial charge in [0.2, 0.25) is 5.95 Å². The number of carbonyl (C=O) groups excluding carboxylic acids is 1. The largest absolute Gasteiger partial charge is 0.487 e. The summed E-state index contributed by atoms with van der Waals surface area (Å²) in [4.78, 5) is 24.8. The van der Waals surface area contributed by atoms with E-state index in [0.717, 1.165) is 0 Å². The highest BCUT2D eigenvalue weighted by atomic mass is 35.5. The van der Waals surface area contributed by atoms with Gasteiger partial charge in [-0.05, 0) is 54.7 Å². The van der Waals surface area contributed by atoms with Gasteiger partial charge < -0.3 is 15.8 Å². The monoisotopic (exact) mass is 475 g/mol. The summed E-state index contributed by atoms with van der Waals surface area (Å²) in [6, 6.07) is 9.62. The minimum Gasteiger partial charge on any atom is -0.420 e. The van der Waals surface area contributed by atoms with Crippen LogP contribution in [-0.4, -0.2) is 34.2 Å². The Bertz CT molecular complexity index is 1210. The molecule has 2 aromatic heterocycles. The molecule has 1 aromatic carbocycles. The van der Waals surface area contributed by atoms with Crippen LogP contribution in [0.1, 0.15) is 16.1 Å². The highest BCUT2D eigenvalue weighted by molar-refractivity contribution is 6.20. The lowest BCUT2D eigenvalue weighted by molar-refractivity contribution is -0.0964. The van der Waals surface area contributed by atoms with Gasteiger partial charge in [-0.25, -0.2) is 4.98 Å². The second kappa shape index (κ2) is 10.1. The predicted octanol–water partition coefficient (Wildman–Crippen LogP) is 4.59. The number of allylic oxidation sites excluding steroid dienone is 1. The third kappa shape index (κ3) is 6.07. The average Bonchev–Trinajstić information content (AvgIpc) is 2.78. The molecule has 1 amide bonds. The molecule has 0 spiro atoms. The van der Waals surface area contributed by atoms with Gasteiger partial charge in [0.25, 0.3) is 5.91 Å². The number of pyridine rings is 2. The molecule has 7 nitrogen and oxygen atoms in total. The Morgan fingerprint density at radius 3 is 2.55 bits per heavy atom. The van der Waals surface area contributed by atoms with E-state index in [9.17, 15) is 18.0 Å². The Morgan fingerprint density at radius 1 is 1.21 bits per heavy atom. The van der Waals surface area contributed by atoms with E-state index in [1.807, 2.05) is 0 Å². The quantitative estimate of drug-likeness (QED) is 0.295. The van der Waals surface area contributed by atoms with Gasteiger partial charge in [0, 0.05) is 47.9 Å². The molecule has 0 aliphatic heterocycles. The van der Waals surface area contributed by atoms with Crippen LogP contribution < -0.4 is 15.8 Å². The summed E-state index contributed by atoms with van der Waals surface area (Å²) in [6.07, 6.45) is 5.35. The number of nitrogens with zero attached hydrogens (tertiary/aromatic N) is 3. The van der Waals surface area contributed by atoms with Crippen LogP contribution in [0.2, 0.25) is 0 Å². The SMILES string of the molecule is CN=C(C=CN)c1ncc(C(=O)Nc2ccc(OC(F)(F)Cl)cc2)cc1-c1cccnc1F. The number of aliphatic imine (C=N–C) groups is 1. The summed E-state index contributed by atoms with van der Waals surface area (Å²) < 4.78 is 44.1. The van der Waals surface area contributed by atoms with E-state index >= 15 is 0 Å². The summed E-state index contributed by atoms with van der Waals surface area (Å²) >= 11 is 4.73. The van der Waals surface area contributed by atoms with Crippen LogP contribution in [0.3, 0.4) is 0 Å². The minimum absolute atomic E-state index is 0.108. The molecule has 0 aliphatic carbocycles. The van der Waals surface area contributed by atoms with Gasteiger partial charge in [0.1, 0.15) is 5.75 Å². The van der Waals surface area contributed by atoms with E-state index < -0.39 is 17.4 Å². The number of anilines is 1. The van der Waals surface area contributed by atoms with Crippen molar-refractivity contribution in [2.75, 3.05) is 12.4 Å². The number of rotatable bonds is 7. The Labute approximate surface area is 191 Å². The van der Waals surface area contributed by atoms with Crippen LogP contribution in [0.25, 0.3) is 11.1 Å². The van der Waals surface area contributed by atoms with Crippen LogP contribution in [0.5, 0.6) is 5.75 Å². The molecule has 2 heterocycles. The number of aromatic nitrogens is 2. The van der Waals surface area contributed by atoms with Crippen LogP contribution in [-0.2, 0) is 0 Å². The number of halogens is 4. The first-order valence-corrected chi connectivity index (χ1v) is 9.73. The van der Waals surface area contributed by atoms with Crippen molar-refractivity contribution in [2.45, 2.75) is 5.57 Å². The van der Waals surface area contributed by atoms with Crippen LogP contribution in [0.4, 0.5) is 18.9 Å². The van der Waals surface area contributed by atoms with Crippen molar-refractivity contribution in [2.24, 2.45) is 10.7 Å². The summed E-state index contributed by atoms with van der Waals surface area (Å²) in [6.45, 7) is 0. The first kappa shape index (κ1) is 23.7. The molecule has 3 rings (SSSR count). The Kier molecular flexibility index (Phi) is 7.29. The molecular formula is C22H17ClF3N5O2. The molecule has 170 valence electrons. The number of hydrogen-bond acceptors (Lipinski definition) is 6. The number of hydrogen-bond donors (Lipinski definition) is 2. The van der Waals surface area contributed by atoms with Crippen molar-refractivity contribution >= 4 is 28.9 Å². The maximum absolute atomic E-state index is 14.4. The van der Waals surface area contributed by atoms with Crippen LogP contribution in [0.15, 0.2) is 72.1 Å². The number of amides is 1. The summed E-state index contributed by atoms with van der Waals surface area (Å²) in [5, 5.41) is 2.60. The smallest absolute Gasteiger partial charge is 0.420 e. The molecule has 3 aromatic rings. The highest BCUT2D eigenvalue weighted by Crippen LogP contribution is 2.28. The number of nitrogens with one attached hydrogen (secondary N) is 1. The number of carbonyl (C=O) groups is 1. The minimum atomic E-state index is -3.85. The van der Waals surface area contributed by atoms with Crippen molar-refractivity contribution in [3.8, 4) is 16.9 Å². The van der Waals surface area contributed by atoms with Gasteiger partial charge in [-0.3, -0.25) is 14.8 Å². The van der Waals surface area contributed by atoms with Crippen molar-refractivity contribution in [3.05, 3.63) is 84.3 Å². The predicted molar refractivity (Wildman–Crippen MR) is 119 cm³/mol. The maximum atomic E-state index is 14.4. The standard InChI is InChI=1S/C22H17ClF3N5O2/c1-28-18(8-9-27)19-17(16-3-2-10-29-20(16)24)11-13(12-30-19)21(32)31-14-4-6-15(7-5-14)33-22(23,25)26/h2-12H,27H2,1H3,(H,31,32). The van der Waals surface area contributed by atoms with Crippen LogP contribution in [0, 0.1) is 5.95 Å². The highest BCUT2D eigenvalue weighted by Gasteiger charge is 2.27. The lowest BCUT2D eigenvalue weighted by Gasteiger charge is -2.13. The van der Waals surface area contributed by atoms with Crippen LogP contribution >= 0.6 is 11.6 Å². The lowest BCUT2D eigenvalue weighted by atomic mass is 10.00. The number of alkyl halides is 3. The lowest BCUT2D eigenvalue weighted by Crippen LogP contribution is -2.16. The van der Waals surface area contributed by atoms with E-state index in [2.05, 4.69) is 25.0 Å². The number of benzene rings is 1. The molecule has 0 saturated heterocycles. The zero-order valence-corrected chi connectivity index (χ0v) is 17.9. The summed E-state index contributed by atoms with van der Waals surface area (Å²) in [5.41, 5.74) is 3.09. The fraction of sp³-hybridized carbons (Fsp3) is 0.0909. The van der Waals surface area contributed by atoms with Gasteiger partial charge >= 0.3 is 5.57 Å². The van der Waals surface area contributed by atoms with E-state index in [1.54, 1.807) is 6.07 Å². The maximum Gasteiger partial charge on any atom is 0.487 e. The Hall–Kier alpha value is -3.92. The van der Waals surface area contributed by atoms with Crippen molar-refractivity contribution in [3.63, 3.8) is 0 Å². The first-order chi connectivity index (χ1) is 15.7. The second-order valence-corrected chi connectivity index (χ2v) is 6.90. The fourth-order valence-corrected chi connectivity index (χ4v) is 2.97. The van der Waals surface area contributed by atoms with Crippen molar-refractivity contribution < 1.29 is 22.7 Å². The van der Waals surface area contributed by atoms with Gasteiger partial charge in [0.15, 0.2) is 0 Å². The Morgan fingerprint density at radius 2 is 1.94 bits per heavy atom. The molecule has 0 unspecified atom stereocenters. The molecule has 0 aliphatic rings. The third-order valence-corrected chi connectivity index (χ3v) is 4.36.